The van der Waals surface area contributed by atoms with E-state index >= 15 is 0 Å². The molecule has 102 valence electrons. The van der Waals surface area contributed by atoms with E-state index in [9.17, 15) is 4.79 Å². The van der Waals surface area contributed by atoms with Gasteiger partial charge in [-0.3, -0.25) is 0 Å². The highest BCUT2D eigenvalue weighted by molar-refractivity contribution is 6.36. The van der Waals surface area contributed by atoms with Crippen molar-refractivity contribution in [3.63, 3.8) is 0 Å². The van der Waals surface area contributed by atoms with Crippen LogP contribution < -0.4 is 9.47 Å². The van der Waals surface area contributed by atoms with Gasteiger partial charge in [-0.2, -0.15) is 0 Å². The molecule has 0 heterocycles. The molecule has 0 atom stereocenters. The van der Waals surface area contributed by atoms with Crippen LogP contribution in [0.3, 0.4) is 0 Å². The van der Waals surface area contributed by atoms with Crippen LogP contribution >= 0.6 is 23.2 Å². The lowest BCUT2D eigenvalue weighted by molar-refractivity contribution is -0.131. The summed E-state index contributed by atoms with van der Waals surface area (Å²) in [6.07, 6.45) is 2.50. The molecule has 1 N–H and O–H groups in total. The molecular formula is C13H12Cl2O4. The van der Waals surface area contributed by atoms with Gasteiger partial charge in [0.25, 0.3) is 0 Å². The summed E-state index contributed by atoms with van der Waals surface area (Å²) in [5, 5.41) is 8.91. The SMILES string of the molecule is COc1cc(C=CC(=O)O)ccc1OCC(Cl)=CCl. The molecule has 0 spiro atoms. The lowest BCUT2D eigenvalue weighted by atomic mass is 10.2. The molecule has 0 saturated heterocycles. The van der Waals surface area contributed by atoms with Gasteiger partial charge in [-0.1, -0.05) is 29.3 Å². The van der Waals surface area contributed by atoms with Crippen molar-refractivity contribution in [2.24, 2.45) is 0 Å². The van der Waals surface area contributed by atoms with Crippen molar-refractivity contribution in [1.82, 2.24) is 0 Å². The summed E-state index contributed by atoms with van der Waals surface area (Å²) in [5.74, 6) is -0.0449. The Labute approximate surface area is 120 Å². The number of aliphatic carboxylic acids is 1. The van der Waals surface area contributed by atoms with Crippen molar-refractivity contribution >= 4 is 35.2 Å². The molecule has 0 fully saturated rings. The number of methoxy groups -OCH3 is 1. The van der Waals surface area contributed by atoms with Gasteiger partial charge >= 0.3 is 5.97 Å². The molecule has 0 radical (unpaired) electrons. The maximum absolute atomic E-state index is 10.4. The van der Waals surface area contributed by atoms with Crippen LogP contribution in [-0.2, 0) is 4.79 Å². The standard InChI is InChI=1S/C13H12Cl2O4/c1-18-12-6-9(3-5-13(16)17)2-4-11(12)19-8-10(15)7-14/h2-7H,8H2,1H3,(H,16,17). The van der Waals surface area contributed by atoms with Crippen LogP contribution in [-0.4, -0.2) is 24.8 Å². The van der Waals surface area contributed by atoms with Crippen LogP contribution in [0.2, 0.25) is 0 Å². The Bertz CT molecular complexity index is 509. The zero-order valence-corrected chi connectivity index (χ0v) is 11.6. The number of carboxylic acids is 1. The van der Waals surface area contributed by atoms with Gasteiger partial charge in [0.1, 0.15) is 6.61 Å². The second-order valence-corrected chi connectivity index (χ2v) is 4.13. The first-order valence-corrected chi connectivity index (χ1v) is 6.05. The van der Waals surface area contributed by atoms with E-state index in [0.717, 1.165) is 6.08 Å². The molecule has 0 aliphatic carbocycles. The minimum atomic E-state index is -1.02. The number of hydrogen-bond donors (Lipinski definition) is 1. The monoisotopic (exact) mass is 302 g/mol. The third kappa shape index (κ3) is 5.24. The Hall–Kier alpha value is -1.65. The zero-order chi connectivity index (χ0) is 14.3. The molecule has 6 heteroatoms. The summed E-state index contributed by atoms with van der Waals surface area (Å²) in [5.41, 5.74) is 1.91. The fourth-order valence-electron chi connectivity index (χ4n) is 1.25. The average Bonchev–Trinajstić information content (AvgIpc) is 2.42. The highest BCUT2D eigenvalue weighted by Gasteiger charge is 2.05. The fourth-order valence-corrected chi connectivity index (χ4v) is 1.37. The number of benzene rings is 1. The smallest absolute Gasteiger partial charge is 0.328 e. The third-order valence-corrected chi connectivity index (χ3v) is 2.68. The predicted molar refractivity (Wildman–Crippen MR) is 74.9 cm³/mol. The van der Waals surface area contributed by atoms with Gasteiger partial charge in [-0.05, 0) is 23.8 Å². The maximum atomic E-state index is 10.4. The van der Waals surface area contributed by atoms with Crippen molar-refractivity contribution in [3.8, 4) is 11.5 Å². The molecule has 0 amide bonds. The van der Waals surface area contributed by atoms with Crippen molar-refractivity contribution in [1.29, 1.82) is 0 Å². The normalized spacial score (nSPS) is 11.6. The molecule has 1 aromatic carbocycles. The molecule has 4 nitrogen and oxygen atoms in total. The van der Waals surface area contributed by atoms with Gasteiger partial charge in [0.15, 0.2) is 11.5 Å². The predicted octanol–water partition coefficient (Wildman–Crippen LogP) is 3.49. The van der Waals surface area contributed by atoms with E-state index in [1.54, 1.807) is 18.2 Å². The summed E-state index contributed by atoms with van der Waals surface area (Å²) in [6, 6.07) is 5.03. The summed E-state index contributed by atoms with van der Waals surface area (Å²) in [7, 11) is 1.49. The van der Waals surface area contributed by atoms with Crippen LogP contribution in [0.25, 0.3) is 6.08 Å². The molecular weight excluding hydrogens is 291 g/mol. The topological polar surface area (TPSA) is 55.8 Å². The quantitative estimate of drug-likeness (QED) is 0.817. The average molecular weight is 303 g/mol. The Morgan fingerprint density at radius 1 is 1.42 bits per heavy atom. The van der Waals surface area contributed by atoms with Crippen molar-refractivity contribution in [3.05, 3.63) is 40.4 Å². The van der Waals surface area contributed by atoms with E-state index in [1.807, 2.05) is 0 Å². The van der Waals surface area contributed by atoms with Crippen molar-refractivity contribution in [2.75, 3.05) is 13.7 Å². The second-order valence-electron chi connectivity index (χ2n) is 3.43. The minimum Gasteiger partial charge on any atom is -0.493 e. The van der Waals surface area contributed by atoms with Gasteiger partial charge in [-0.25, -0.2) is 4.79 Å². The van der Waals surface area contributed by atoms with Gasteiger partial charge < -0.3 is 14.6 Å². The Kier molecular flexibility index (Phi) is 6.25. The molecule has 0 bridgehead atoms. The number of hydrogen-bond acceptors (Lipinski definition) is 3. The zero-order valence-electron chi connectivity index (χ0n) is 10.1. The van der Waals surface area contributed by atoms with Crippen LogP contribution in [0.1, 0.15) is 5.56 Å². The summed E-state index contributed by atoms with van der Waals surface area (Å²) in [6.45, 7) is 0.131. The molecule has 1 aromatic rings. The fraction of sp³-hybridized carbons (Fsp3) is 0.154. The van der Waals surface area contributed by atoms with Crippen LogP contribution in [0.4, 0.5) is 0 Å². The number of halogens is 2. The lowest BCUT2D eigenvalue weighted by Gasteiger charge is -2.10. The highest BCUT2D eigenvalue weighted by atomic mass is 35.5. The van der Waals surface area contributed by atoms with E-state index in [0.29, 0.717) is 22.1 Å². The highest BCUT2D eigenvalue weighted by Crippen LogP contribution is 2.29. The molecule has 0 aromatic heterocycles. The van der Waals surface area contributed by atoms with Crippen LogP contribution in [0.15, 0.2) is 34.8 Å². The first kappa shape index (κ1) is 15.4. The third-order valence-electron chi connectivity index (χ3n) is 2.09. The Morgan fingerprint density at radius 3 is 2.74 bits per heavy atom. The lowest BCUT2D eigenvalue weighted by Crippen LogP contribution is -1.99. The number of carboxylic acid groups (broad SMARTS) is 1. The number of ether oxygens (including phenoxy) is 2. The summed E-state index contributed by atoms with van der Waals surface area (Å²) >= 11 is 11.1. The van der Waals surface area contributed by atoms with Gasteiger partial charge in [0.2, 0.25) is 0 Å². The number of rotatable bonds is 6. The Balaban J connectivity index is 2.87. The Morgan fingerprint density at radius 2 is 2.16 bits per heavy atom. The van der Waals surface area contributed by atoms with E-state index in [1.165, 1.54) is 18.7 Å². The molecule has 1 rings (SSSR count). The van der Waals surface area contributed by atoms with Crippen molar-refractivity contribution in [2.45, 2.75) is 0 Å². The molecule has 0 unspecified atom stereocenters. The summed E-state index contributed by atoms with van der Waals surface area (Å²) < 4.78 is 10.6. The van der Waals surface area contributed by atoms with Crippen LogP contribution in [0.5, 0.6) is 11.5 Å². The molecule has 19 heavy (non-hydrogen) atoms. The first-order chi connectivity index (χ1) is 9.06. The molecule has 0 saturated carbocycles. The number of carbonyl (C=O) groups is 1. The van der Waals surface area contributed by atoms with Crippen molar-refractivity contribution < 1.29 is 19.4 Å². The summed E-state index contributed by atoms with van der Waals surface area (Å²) in [4.78, 5) is 10.4. The van der Waals surface area contributed by atoms with Crippen LogP contribution in [0, 0.1) is 0 Å². The molecule has 0 aliphatic heterocycles. The second kappa shape index (κ2) is 7.71. The van der Waals surface area contributed by atoms with Gasteiger partial charge in [0.05, 0.1) is 12.1 Å². The molecule has 0 aliphatic rings. The van der Waals surface area contributed by atoms with E-state index in [2.05, 4.69) is 0 Å². The van der Waals surface area contributed by atoms with E-state index in [4.69, 9.17) is 37.8 Å². The van der Waals surface area contributed by atoms with Gasteiger partial charge in [-0.15, -0.1) is 0 Å². The maximum Gasteiger partial charge on any atom is 0.328 e. The van der Waals surface area contributed by atoms with E-state index in [-0.39, 0.29) is 6.61 Å². The van der Waals surface area contributed by atoms with E-state index < -0.39 is 5.97 Å². The minimum absolute atomic E-state index is 0.131. The largest absolute Gasteiger partial charge is 0.493 e. The van der Waals surface area contributed by atoms with Gasteiger partial charge in [0, 0.05) is 11.6 Å². The first-order valence-electron chi connectivity index (χ1n) is 5.23.